The monoisotopic (exact) mass is 204 g/mol. The quantitative estimate of drug-likeness (QED) is 0.776. The zero-order valence-corrected chi connectivity index (χ0v) is 8.65. The van der Waals surface area contributed by atoms with Crippen LogP contribution in [0, 0.1) is 0 Å². The summed E-state index contributed by atoms with van der Waals surface area (Å²) in [6, 6.07) is 6.26. The first kappa shape index (κ1) is 9.77. The van der Waals surface area contributed by atoms with Crippen LogP contribution in [0.1, 0.15) is 25.5 Å². The van der Waals surface area contributed by atoms with Crippen LogP contribution in [0.15, 0.2) is 33.5 Å². The van der Waals surface area contributed by atoms with Crippen LogP contribution in [0.2, 0.25) is 0 Å². The van der Waals surface area contributed by atoms with Crippen molar-refractivity contribution in [3.63, 3.8) is 0 Å². The number of aromatic hydroxyl groups is 1. The summed E-state index contributed by atoms with van der Waals surface area (Å²) in [6.45, 7) is 3.90. The van der Waals surface area contributed by atoms with Gasteiger partial charge in [0.05, 0.1) is 0 Å². The van der Waals surface area contributed by atoms with Crippen molar-refractivity contribution in [2.75, 3.05) is 0 Å². The number of phenolic OH excluding ortho intramolecular Hbond substituents is 1. The molecule has 0 atom stereocenters. The highest BCUT2D eigenvalue weighted by atomic mass is 16.3. The second kappa shape index (κ2) is 3.42. The standard InChI is InChI=1S/C12H12O3/c1-7(2)11-6-9(14)12-8(13)4-3-5-10(12)15-11/h3-7,13H,1-2H3. The van der Waals surface area contributed by atoms with Gasteiger partial charge < -0.3 is 9.52 Å². The molecule has 78 valence electrons. The SMILES string of the molecule is CC(C)c1cc(=O)c2c(O)cccc2o1. The molecule has 2 aromatic rings. The van der Waals surface area contributed by atoms with E-state index in [1.54, 1.807) is 12.1 Å². The summed E-state index contributed by atoms with van der Waals surface area (Å²) in [5.74, 6) is 0.763. The van der Waals surface area contributed by atoms with Gasteiger partial charge in [0.2, 0.25) is 0 Å². The van der Waals surface area contributed by atoms with E-state index in [1.165, 1.54) is 12.1 Å². The van der Waals surface area contributed by atoms with Crippen LogP contribution in [0.25, 0.3) is 11.0 Å². The Bertz CT molecular complexity index is 552. The maximum absolute atomic E-state index is 11.7. The molecule has 1 aromatic heterocycles. The highest BCUT2D eigenvalue weighted by Crippen LogP contribution is 2.23. The zero-order valence-electron chi connectivity index (χ0n) is 8.65. The fraction of sp³-hybridized carbons (Fsp3) is 0.250. The van der Waals surface area contributed by atoms with Gasteiger partial charge in [0.1, 0.15) is 22.5 Å². The molecule has 0 aliphatic heterocycles. The maximum Gasteiger partial charge on any atom is 0.196 e. The van der Waals surface area contributed by atoms with E-state index < -0.39 is 0 Å². The Labute approximate surface area is 87.0 Å². The molecule has 0 saturated carbocycles. The first-order valence-corrected chi connectivity index (χ1v) is 4.85. The molecule has 1 N–H and O–H groups in total. The molecular weight excluding hydrogens is 192 g/mol. The van der Waals surface area contributed by atoms with Gasteiger partial charge in [0.15, 0.2) is 5.43 Å². The van der Waals surface area contributed by atoms with Crippen LogP contribution in [-0.2, 0) is 0 Å². The van der Waals surface area contributed by atoms with Crippen molar-refractivity contribution in [2.24, 2.45) is 0 Å². The summed E-state index contributed by atoms with van der Waals surface area (Å²) in [6.07, 6.45) is 0. The number of hydrogen-bond acceptors (Lipinski definition) is 3. The highest BCUT2D eigenvalue weighted by molar-refractivity contribution is 5.82. The third-order valence-electron chi connectivity index (χ3n) is 2.32. The second-order valence-corrected chi connectivity index (χ2v) is 3.82. The molecule has 0 bridgehead atoms. The molecule has 1 aromatic carbocycles. The van der Waals surface area contributed by atoms with Crippen molar-refractivity contribution in [2.45, 2.75) is 19.8 Å². The Balaban J connectivity index is 2.85. The third kappa shape index (κ3) is 1.61. The lowest BCUT2D eigenvalue weighted by atomic mass is 10.1. The van der Waals surface area contributed by atoms with E-state index >= 15 is 0 Å². The van der Waals surface area contributed by atoms with Gasteiger partial charge in [0.25, 0.3) is 0 Å². The average molecular weight is 204 g/mol. The number of rotatable bonds is 1. The number of benzene rings is 1. The molecule has 15 heavy (non-hydrogen) atoms. The van der Waals surface area contributed by atoms with Crippen LogP contribution in [0.4, 0.5) is 0 Å². The van der Waals surface area contributed by atoms with Gasteiger partial charge in [-0.25, -0.2) is 0 Å². The predicted octanol–water partition coefficient (Wildman–Crippen LogP) is 2.62. The Hall–Kier alpha value is -1.77. The van der Waals surface area contributed by atoms with Crippen molar-refractivity contribution < 1.29 is 9.52 Å². The molecule has 0 radical (unpaired) electrons. The van der Waals surface area contributed by atoms with E-state index in [0.29, 0.717) is 11.3 Å². The minimum absolute atomic E-state index is 0.0310. The van der Waals surface area contributed by atoms with Crippen molar-refractivity contribution in [3.8, 4) is 5.75 Å². The van der Waals surface area contributed by atoms with Crippen LogP contribution in [0.5, 0.6) is 5.75 Å². The van der Waals surface area contributed by atoms with Crippen LogP contribution in [0.3, 0.4) is 0 Å². The summed E-state index contributed by atoms with van der Waals surface area (Å²) in [5, 5.41) is 9.77. The van der Waals surface area contributed by atoms with E-state index in [-0.39, 0.29) is 22.5 Å². The van der Waals surface area contributed by atoms with Gasteiger partial charge in [-0.05, 0) is 12.1 Å². The minimum atomic E-state index is -0.196. The van der Waals surface area contributed by atoms with E-state index in [2.05, 4.69) is 0 Å². The fourth-order valence-electron chi connectivity index (χ4n) is 1.49. The summed E-state index contributed by atoms with van der Waals surface area (Å²) in [7, 11) is 0. The summed E-state index contributed by atoms with van der Waals surface area (Å²) in [4.78, 5) is 11.7. The topological polar surface area (TPSA) is 50.4 Å². The van der Waals surface area contributed by atoms with Gasteiger partial charge in [-0.2, -0.15) is 0 Å². The number of hydrogen-bond donors (Lipinski definition) is 1. The van der Waals surface area contributed by atoms with Gasteiger partial charge in [-0.15, -0.1) is 0 Å². The van der Waals surface area contributed by atoms with E-state index in [9.17, 15) is 9.90 Å². The molecule has 0 aliphatic rings. The molecule has 0 aliphatic carbocycles. The Morgan fingerprint density at radius 3 is 2.73 bits per heavy atom. The van der Waals surface area contributed by atoms with Gasteiger partial charge >= 0.3 is 0 Å². The zero-order chi connectivity index (χ0) is 11.0. The maximum atomic E-state index is 11.7. The second-order valence-electron chi connectivity index (χ2n) is 3.82. The molecule has 0 amide bonds. The summed E-state index contributed by atoms with van der Waals surface area (Å²) in [5.41, 5.74) is 0.240. The lowest BCUT2D eigenvalue weighted by molar-refractivity contribution is 0.475. The van der Waals surface area contributed by atoms with Crippen LogP contribution in [-0.4, -0.2) is 5.11 Å². The molecule has 0 unspecified atom stereocenters. The minimum Gasteiger partial charge on any atom is -0.507 e. The molecule has 1 heterocycles. The smallest absolute Gasteiger partial charge is 0.196 e. The normalized spacial score (nSPS) is 11.1. The van der Waals surface area contributed by atoms with Gasteiger partial charge in [0, 0.05) is 12.0 Å². The Kier molecular flexibility index (Phi) is 2.23. The van der Waals surface area contributed by atoms with E-state index in [1.807, 2.05) is 13.8 Å². The predicted molar refractivity (Wildman–Crippen MR) is 58.2 cm³/mol. The van der Waals surface area contributed by atoms with Gasteiger partial charge in [-0.1, -0.05) is 19.9 Å². The van der Waals surface area contributed by atoms with E-state index in [0.717, 1.165) is 0 Å². The molecule has 0 fully saturated rings. The number of fused-ring (bicyclic) bond motifs is 1. The molecule has 2 rings (SSSR count). The molecule has 0 saturated heterocycles. The lowest BCUT2D eigenvalue weighted by Crippen LogP contribution is -2.03. The Morgan fingerprint density at radius 2 is 2.07 bits per heavy atom. The summed E-state index contributed by atoms with van der Waals surface area (Å²) >= 11 is 0. The van der Waals surface area contributed by atoms with E-state index in [4.69, 9.17) is 4.42 Å². The summed E-state index contributed by atoms with van der Waals surface area (Å²) < 4.78 is 5.52. The van der Waals surface area contributed by atoms with Gasteiger partial charge in [-0.3, -0.25) is 4.79 Å². The molecular formula is C12H12O3. The van der Waals surface area contributed by atoms with Crippen molar-refractivity contribution >= 4 is 11.0 Å². The lowest BCUT2D eigenvalue weighted by Gasteiger charge is -2.05. The van der Waals surface area contributed by atoms with Crippen LogP contribution >= 0.6 is 0 Å². The van der Waals surface area contributed by atoms with Crippen LogP contribution < -0.4 is 5.43 Å². The Morgan fingerprint density at radius 1 is 1.33 bits per heavy atom. The third-order valence-corrected chi connectivity index (χ3v) is 2.32. The largest absolute Gasteiger partial charge is 0.507 e. The number of phenols is 1. The molecule has 3 heteroatoms. The average Bonchev–Trinajstić information content (AvgIpc) is 2.17. The van der Waals surface area contributed by atoms with Crippen molar-refractivity contribution in [1.29, 1.82) is 0 Å². The van der Waals surface area contributed by atoms with Crippen molar-refractivity contribution in [1.82, 2.24) is 0 Å². The fourth-order valence-corrected chi connectivity index (χ4v) is 1.49. The molecule has 0 spiro atoms. The van der Waals surface area contributed by atoms with Crippen molar-refractivity contribution in [3.05, 3.63) is 40.2 Å². The molecule has 3 nitrogen and oxygen atoms in total. The highest BCUT2D eigenvalue weighted by Gasteiger charge is 2.10. The first-order valence-electron chi connectivity index (χ1n) is 4.85. The first-order chi connectivity index (χ1) is 7.09.